The summed E-state index contributed by atoms with van der Waals surface area (Å²) < 4.78 is 19.1. The molecule has 0 spiro atoms. The summed E-state index contributed by atoms with van der Waals surface area (Å²) in [5.74, 6) is 0. The van der Waals surface area contributed by atoms with E-state index in [0.29, 0.717) is 0 Å². The molecule has 26 aromatic carbocycles. The van der Waals surface area contributed by atoms with Gasteiger partial charge in [-0.05, 0) is 309 Å². The minimum Gasteiger partial charge on any atom is -0.456 e. The quantitative estimate of drug-likeness (QED) is 0.142. The van der Waals surface area contributed by atoms with Crippen molar-refractivity contribution >= 4 is 195 Å². The van der Waals surface area contributed by atoms with Crippen molar-refractivity contribution in [3.63, 3.8) is 0 Å². The van der Waals surface area contributed by atoms with E-state index in [2.05, 4.69) is 485 Å². The standard InChI is InChI=1S/2C46H28O.C40H24O/c1-2-12-33-28-44-42(26-32(33)11-1)41-27-34(24-25-43(41)47-44)46-39-17-7-5-15-37(39)45(38-16-6-8-18-40(38)46)31-22-20-30(21-23-31)36-19-9-13-29-10-3-4-14-35(29)36;1-2-11-30-24-34(21-20-29(30)10-1)31-14-9-15-35(25-31)45-37-16-5-7-18-39(37)46(40-19-8-6-17-38(40)45)36-22-23-43-41(27-36)42-26-32-12-3-4-13-33(32)28-44(42)47-43;1-2-10-26-21-29(18-17-25(26)9-1)39-31-13-5-7-15-33(31)40(34-16-8-6-14-32(34)39)30-19-20-37-35(23-30)36-22-27-11-3-4-12-28(27)24-38(36)41-37/h2*1-28H;1-24H. The summed E-state index contributed by atoms with van der Waals surface area (Å²) in [5, 5.41) is 36.7. The number of benzene rings is 26. The fourth-order valence-corrected chi connectivity index (χ4v) is 22.0. The summed E-state index contributed by atoms with van der Waals surface area (Å²) in [4.78, 5) is 0. The monoisotopic (exact) mass is 1710 g/mol. The molecule has 0 radical (unpaired) electrons. The van der Waals surface area contributed by atoms with Crippen LogP contribution in [0.4, 0.5) is 0 Å². The lowest BCUT2D eigenvalue weighted by Gasteiger charge is -2.18. The second-order valence-electron chi connectivity index (χ2n) is 35.9. The van der Waals surface area contributed by atoms with Crippen LogP contribution in [0.15, 0.2) is 499 Å². The molecule has 0 atom stereocenters. The van der Waals surface area contributed by atoms with Crippen LogP contribution in [0.2, 0.25) is 0 Å². The van der Waals surface area contributed by atoms with Crippen molar-refractivity contribution in [3.05, 3.63) is 485 Å². The predicted molar refractivity (Wildman–Crippen MR) is 575 cm³/mol. The van der Waals surface area contributed by atoms with Crippen LogP contribution in [0.25, 0.3) is 284 Å². The highest BCUT2D eigenvalue weighted by Gasteiger charge is 2.25. The molecule has 0 aliphatic heterocycles. The third kappa shape index (κ3) is 13.0. The number of fused-ring (bicyclic) bond motifs is 21. The molecule has 3 aromatic heterocycles. The van der Waals surface area contributed by atoms with Crippen molar-refractivity contribution in [1.29, 1.82) is 0 Å². The molecule has 29 rings (SSSR count). The van der Waals surface area contributed by atoms with Gasteiger partial charge in [-0.3, -0.25) is 0 Å². The van der Waals surface area contributed by atoms with Crippen LogP contribution in [0.5, 0.6) is 0 Å². The second kappa shape index (κ2) is 31.5. The van der Waals surface area contributed by atoms with Crippen molar-refractivity contribution in [1.82, 2.24) is 0 Å². The highest BCUT2D eigenvalue weighted by atomic mass is 16.3. The fraction of sp³-hybridized carbons (Fsp3) is 0. The third-order valence-electron chi connectivity index (χ3n) is 28.2. The molecule has 0 unspecified atom stereocenters. The summed E-state index contributed by atoms with van der Waals surface area (Å²) in [6.45, 7) is 0. The summed E-state index contributed by atoms with van der Waals surface area (Å²) in [5.41, 5.74) is 25.3. The van der Waals surface area contributed by atoms with Gasteiger partial charge in [-0.15, -0.1) is 0 Å². The first kappa shape index (κ1) is 77.2. The lowest BCUT2D eigenvalue weighted by atomic mass is 9.85. The minimum absolute atomic E-state index is 0.912. The van der Waals surface area contributed by atoms with Gasteiger partial charge in [0.1, 0.15) is 33.5 Å². The average molecular weight is 1710 g/mol. The zero-order valence-corrected chi connectivity index (χ0v) is 73.4. The zero-order chi connectivity index (χ0) is 88.7. The first-order valence-corrected chi connectivity index (χ1v) is 46.4. The van der Waals surface area contributed by atoms with Crippen LogP contribution in [0.1, 0.15) is 0 Å². The first-order valence-electron chi connectivity index (χ1n) is 46.4. The molecule has 29 aromatic rings. The van der Waals surface area contributed by atoms with Gasteiger partial charge in [0.05, 0.1) is 0 Å². The van der Waals surface area contributed by atoms with Gasteiger partial charge in [0.15, 0.2) is 0 Å². The van der Waals surface area contributed by atoms with E-state index in [4.69, 9.17) is 13.3 Å². The SMILES string of the molecule is c1cc(-c2ccc3ccccc3c2)cc(-c2c3ccccc3c(-c3ccc4oc5cc6ccccc6cc5c4c3)c3ccccc23)c1.c1ccc2cc(-c3c4ccccc4c(-c4ccc5oc6cc7ccccc7cc6c5c4)c4ccccc34)ccc2c1.c1ccc2cc3c(cc2c1)oc1ccc(-c2c4ccccc4c(-c4ccc(-c5cccc6ccccc56)cc4)c4ccccc24)cc13. The molecule has 0 aliphatic rings. The molecule has 0 fully saturated rings. The average Bonchev–Trinajstić information content (AvgIpc) is 1.68. The van der Waals surface area contributed by atoms with Gasteiger partial charge in [0, 0.05) is 32.3 Å². The maximum atomic E-state index is 6.37. The maximum absolute atomic E-state index is 6.37. The Labute approximate surface area is 777 Å². The summed E-state index contributed by atoms with van der Waals surface area (Å²) in [6, 6.07) is 176. The van der Waals surface area contributed by atoms with Crippen LogP contribution in [-0.4, -0.2) is 0 Å². The van der Waals surface area contributed by atoms with Gasteiger partial charge < -0.3 is 13.3 Å². The van der Waals surface area contributed by atoms with E-state index in [1.807, 2.05) is 0 Å². The Hall–Kier alpha value is -17.8. The lowest BCUT2D eigenvalue weighted by Crippen LogP contribution is -1.91. The van der Waals surface area contributed by atoms with Crippen LogP contribution >= 0.6 is 0 Å². The molecular weight excluding hydrogens is 1630 g/mol. The molecular formula is C132H80O3. The third-order valence-corrected chi connectivity index (χ3v) is 28.2. The Morgan fingerprint density at radius 2 is 0.311 bits per heavy atom. The van der Waals surface area contributed by atoms with Gasteiger partial charge in [-0.1, -0.05) is 394 Å². The number of hydrogen-bond acceptors (Lipinski definition) is 3. The molecule has 135 heavy (non-hydrogen) atoms. The van der Waals surface area contributed by atoms with Crippen molar-refractivity contribution in [3.8, 4) is 89.0 Å². The van der Waals surface area contributed by atoms with E-state index in [1.54, 1.807) is 0 Å². The molecule has 0 bridgehead atoms. The van der Waals surface area contributed by atoms with Crippen LogP contribution in [-0.2, 0) is 0 Å². The topological polar surface area (TPSA) is 39.4 Å². The lowest BCUT2D eigenvalue weighted by molar-refractivity contribution is 0.669. The van der Waals surface area contributed by atoms with Crippen LogP contribution in [0, 0.1) is 0 Å². The van der Waals surface area contributed by atoms with E-state index in [1.165, 1.54) is 218 Å². The first-order chi connectivity index (χ1) is 66.9. The minimum atomic E-state index is 0.912. The molecule has 626 valence electrons. The predicted octanol–water partition coefficient (Wildman–Crippen LogP) is 37.9. The van der Waals surface area contributed by atoms with Crippen molar-refractivity contribution in [2.45, 2.75) is 0 Å². The number of furan rings is 3. The van der Waals surface area contributed by atoms with Crippen LogP contribution < -0.4 is 0 Å². The smallest absolute Gasteiger partial charge is 0.136 e. The molecule has 0 N–H and O–H groups in total. The highest BCUT2D eigenvalue weighted by molar-refractivity contribution is 6.27. The van der Waals surface area contributed by atoms with E-state index >= 15 is 0 Å². The van der Waals surface area contributed by atoms with Gasteiger partial charge in [-0.25, -0.2) is 0 Å². The van der Waals surface area contributed by atoms with Gasteiger partial charge in [-0.2, -0.15) is 0 Å². The summed E-state index contributed by atoms with van der Waals surface area (Å²) in [7, 11) is 0. The second-order valence-corrected chi connectivity index (χ2v) is 35.9. The van der Waals surface area contributed by atoms with Crippen molar-refractivity contribution in [2.75, 3.05) is 0 Å². The fourth-order valence-electron chi connectivity index (χ4n) is 22.0. The van der Waals surface area contributed by atoms with E-state index < -0.39 is 0 Å². The Kier molecular flexibility index (Phi) is 18.0. The highest BCUT2D eigenvalue weighted by Crippen LogP contribution is 2.51. The summed E-state index contributed by atoms with van der Waals surface area (Å²) >= 11 is 0. The number of rotatable bonds is 8. The Morgan fingerprint density at radius 3 is 0.667 bits per heavy atom. The van der Waals surface area contributed by atoms with Gasteiger partial charge >= 0.3 is 0 Å². The van der Waals surface area contributed by atoms with Crippen molar-refractivity contribution < 1.29 is 13.3 Å². The summed E-state index contributed by atoms with van der Waals surface area (Å²) in [6.07, 6.45) is 0. The number of hydrogen-bond donors (Lipinski definition) is 0. The molecule has 0 aliphatic carbocycles. The molecule has 3 heterocycles. The Balaban J connectivity index is 0.000000103. The normalized spacial score (nSPS) is 11.9. The molecule has 3 heteroatoms. The molecule has 0 saturated carbocycles. The van der Waals surface area contributed by atoms with Crippen LogP contribution in [0.3, 0.4) is 0 Å². The van der Waals surface area contributed by atoms with Gasteiger partial charge in [0.2, 0.25) is 0 Å². The largest absolute Gasteiger partial charge is 0.456 e. The van der Waals surface area contributed by atoms with Crippen molar-refractivity contribution in [2.24, 2.45) is 0 Å². The molecule has 0 amide bonds. The van der Waals surface area contributed by atoms with E-state index in [-0.39, 0.29) is 0 Å². The molecule has 3 nitrogen and oxygen atoms in total. The van der Waals surface area contributed by atoms with E-state index in [9.17, 15) is 0 Å². The Morgan fingerprint density at radius 1 is 0.0963 bits per heavy atom. The Bertz CT molecular complexity index is 9800. The zero-order valence-electron chi connectivity index (χ0n) is 73.4. The van der Waals surface area contributed by atoms with Gasteiger partial charge in [0.25, 0.3) is 0 Å². The molecule has 0 saturated heterocycles. The van der Waals surface area contributed by atoms with E-state index in [0.717, 1.165) is 65.8 Å². The maximum Gasteiger partial charge on any atom is 0.136 e.